The van der Waals surface area contributed by atoms with Crippen molar-refractivity contribution in [1.82, 2.24) is 0 Å². The normalized spacial score (nSPS) is 11.7. The Bertz CT molecular complexity index is 243. The number of hydrogen-bond donors (Lipinski definition) is 1. The molecular formula is C11H14O. The molecule has 0 aliphatic carbocycles. The van der Waals surface area contributed by atoms with Crippen LogP contribution in [0, 0.1) is 0 Å². The van der Waals surface area contributed by atoms with Crippen LogP contribution in [0.1, 0.15) is 18.9 Å². The highest BCUT2D eigenvalue weighted by molar-refractivity contribution is 5.52. The average Bonchev–Trinajstić information content (AvgIpc) is 2.16. The number of benzene rings is 1. The Labute approximate surface area is 73.4 Å². The van der Waals surface area contributed by atoms with Crippen molar-refractivity contribution < 1.29 is 5.11 Å². The van der Waals surface area contributed by atoms with E-state index in [1.165, 1.54) is 0 Å². The van der Waals surface area contributed by atoms with E-state index in [0.29, 0.717) is 0 Å². The molecule has 1 aromatic carbocycles. The average molecular weight is 162 g/mol. The second-order valence-electron chi connectivity index (χ2n) is 2.72. The van der Waals surface area contributed by atoms with Gasteiger partial charge in [-0.3, -0.25) is 0 Å². The van der Waals surface area contributed by atoms with Crippen LogP contribution >= 0.6 is 0 Å². The van der Waals surface area contributed by atoms with Gasteiger partial charge in [-0.25, -0.2) is 0 Å². The van der Waals surface area contributed by atoms with E-state index in [1.54, 1.807) is 0 Å². The van der Waals surface area contributed by atoms with E-state index in [2.05, 4.69) is 0 Å². The lowest BCUT2D eigenvalue weighted by molar-refractivity contribution is 0.329. The molecule has 0 spiro atoms. The van der Waals surface area contributed by atoms with Gasteiger partial charge in [0.2, 0.25) is 0 Å². The van der Waals surface area contributed by atoms with Crippen LogP contribution < -0.4 is 0 Å². The highest BCUT2D eigenvalue weighted by atomic mass is 16.3. The fourth-order valence-corrected chi connectivity index (χ4v) is 1.04. The van der Waals surface area contributed by atoms with Gasteiger partial charge in [-0.2, -0.15) is 0 Å². The predicted octanol–water partition coefficient (Wildman–Crippen LogP) is 2.47. The number of rotatable bonds is 3. The molecule has 0 heterocycles. The van der Waals surface area contributed by atoms with Gasteiger partial charge in [0.1, 0.15) is 0 Å². The largest absolute Gasteiger partial charge is 0.392 e. The molecule has 0 aromatic heterocycles. The highest BCUT2D eigenvalue weighted by Crippen LogP contribution is 2.08. The standard InChI is InChI=1S/C11H14O/c1-2-10(9-12)8-11-6-4-3-5-7-11/h3-8,12H,2,9H2,1H3. The molecule has 12 heavy (non-hydrogen) atoms. The molecule has 0 atom stereocenters. The van der Waals surface area contributed by atoms with Crippen molar-refractivity contribution in [3.63, 3.8) is 0 Å². The zero-order valence-corrected chi connectivity index (χ0v) is 7.33. The van der Waals surface area contributed by atoms with Crippen LogP contribution in [0.5, 0.6) is 0 Å². The highest BCUT2D eigenvalue weighted by Gasteiger charge is 1.91. The van der Waals surface area contributed by atoms with Crippen molar-refractivity contribution in [2.75, 3.05) is 6.61 Å². The topological polar surface area (TPSA) is 20.2 Å². The van der Waals surface area contributed by atoms with Gasteiger partial charge in [-0.1, -0.05) is 43.3 Å². The summed E-state index contributed by atoms with van der Waals surface area (Å²) in [6.07, 6.45) is 2.94. The maximum Gasteiger partial charge on any atom is 0.0644 e. The Morgan fingerprint density at radius 3 is 2.50 bits per heavy atom. The molecule has 64 valence electrons. The van der Waals surface area contributed by atoms with Gasteiger partial charge in [-0.15, -0.1) is 0 Å². The molecule has 0 saturated heterocycles. The maximum absolute atomic E-state index is 8.92. The number of aliphatic hydroxyl groups is 1. The first-order chi connectivity index (χ1) is 5.86. The van der Waals surface area contributed by atoms with Crippen LogP contribution in [-0.2, 0) is 0 Å². The van der Waals surface area contributed by atoms with Crippen LogP contribution in [0.15, 0.2) is 35.9 Å². The van der Waals surface area contributed by atoms with E-state index in [4.69, 9.17) is 5.11 Å². The first-order valence-corrected chi connectivity index (χ1v) is 4.22. The Hall–Kier alpha value is -1.08. The molecule has 0 amide bonds. The molecule has 0 aliphatic heterocycles. The molecule has 0 saturated carbocycles. The van der Waals surface area contributed by atoms with E-state index in [-0.39, 0.29) is 6.61 Å². The molecule has 1 heteroatoms. The number of hydrogen-bond acceptors (Lipinski definition) is 1. The first-order valence-electron chi connectivity index (χ1n) is 4.22. The zero-order chi connectivity index (χ0) is 8.81. The molecule has 0 aliphatic rings. The van der Waals surface area contributed by atoms with Gasteiger partial charge in [0.05, 0.1) is 6.61 Å². The SMILES string of the molecule is CCC(=Cc1ccccc1)CO. The quantitative estimate of drug-likeness (QED) is 0.724. The number of aliphatic hydroxyl groups excluding tert-OH is 1. The van der Waals surface area contributed by atoms with E-state index in [0.717, 1.165) is 17.6 Å². The summed E-state index contributed by atoms with van der Waals surface area (Å²) in [6, 6.07) is 10.0. The second kappa shape index (κ2) is 4.73. The van der Waals surface area contributed by atoms with Crippen molar-refractivity contribution in [3.05, 3.63) is 41.5 Å². The molecule has 1 aromatic rings. The van der Waals surface area contributed by atoms with Gasteiger partial charge >= 0.3 is 0 Å². The summed E-state index contributed by atoms with van der Waals surface area (Å²) in [5.74, 6) is 0. The van der Waals surface area contributed by atoms with Gasteiger partial charge in [0.15, 0.2) is 0 Å². The molecule has 0 radical (unpaired) electrons. The van der Waals surface area contributed by atoms with E-state index < -0.39 is 0 Å². The minimum absolute atomic E-state index is 0.158. The first kappa shape index (κ1) is 9.01. The van der Waals surface area contributed by atoms with Crippen LogP contribution in [-0.4, -0.2) is 11.7 Å². The minimum Gasteiger partial charge on any atom is -0.392 e. The van der Waals surface area contributed by atoms with Gasteiger partial charge in [0, 0.05) is 0 Å². The van der Waals surface area contributed by atoms with Crippen molar-refractivity contribution >= 4 is 6.08 Å². The van der Waals surface area contributed by atoms with Crippen molar-refractivity contribution in [3.8, 4) is 0 Å². The van der Waals surface area contributed by atoms with Crippen LogP contribution in [0.2, 0.25) is 0 Å². The Balaban J connectivity index is 2.79. The fraction of sp³-hybridized carbons (Fsp3) is 0.273. The summed E-state index contributed by atoms with van der Waals surface area (Å²) in [7, 11) is 0. The molecule has 1 rings (SSSR count). The Kier molecular flexibility index (Phi) is 3.55. The third-order valence-corrected chi connectivity index (χ3v) is 1.83. The van der Waals surface area contributed by atoms with Crippen LogP contribution in [0.25, 0.3) is 6.08 Å². The monoisotopic (exact) mass is 162 g/mol. The minimum atomic E-state index is 0.158. The Morgan fingerprint density at radius 1 is 1.33 bits per heavy atom. The summed E-state index contributed by atoms with van der Waals surface area (Å²) in [5, 5.41) is 8.92. The fourth-order valence-electron chi connectivity index (χ4n) is 1.04. The third kappa shape index (κ3) is 2.51. The van der Waals surface area contributed by atoms with Crippen LogP contribution in [0.3, 0.4) is 0 Å². The summed E-state index contributed by atoms with van der Waals surface area (Å²) in [6.45, 7) is 2.20. The summed E-state index contributed by atoms with van der Waals surface area (Å²) >= 11 is 0. The van der Waals surface area contributed by atoms with Crippen molar-refractivity contribution in [1.29, 1.82) is 0 Å². The van der Waals surface area contributed by atoms with E-state index >= 15 is 0 Å². The van der Waals surface area contributed by atoms with Gasteiger partial charge < -0.3 is 5.11 Å². The zero-order valence-electron chi connectivity index (χ0n) is 7.33. The summed E-state index contributed by atoms with van der Waals surface area (Å²) in [5.41, 5.74) is 2.23. The van der Waals surface area contributed by atoms with E-state index in [1.807, 2.05) is 43.3 Å². The van der Waals surface area contributed by atoms with Gasteiger partial charge in [-0.05, 0) is 17.6 Å². The summed E-state index contributed by atoms with van der Waals surface area (Å²) < 4.78 is 0. The Morgan fingerprint density at radius 2 is 2.00 bits per heavy atom. The van der Waals surface area contributed by atoms with Gasteiger partial charge in [0.25, 0.3) is 0 Å². The van der Waals surface area contributed by atoms with Crippen molar-refractivity contribution in [2.24, 2.45) is 0 Å². The molecular weight excluding hydrogens is 148 g/mol. The predicted molar refractivity (Wildman–Crippen MR) is 51.8 cm³/mol. The third-order valence-electron chi connectivity index (χ3n) is 1.83. The molecule has 0 fully saturated rings. The molecule has 1 nitrogen and oxygen atoms in total. The summed E-state index contributed by atoms with van der Waals surface area (Å²) in [4.78, 5) is 0. The lowest BCUT2D eigenvalue weighted by Gasteiger charge is -1.98. The molecule has 0 bridgehead atoms. The van der Waals surface area contributed by atoms with Crippen molar-refractivity contribution in [2.45, 2.75) is 13.3 Å². The molecule has 1 N–H and O–H groups in total. The molecule has 0 unspecified atom stereocenters. The lowest BCUT2D eigenvalue weighted by Crippen LogP contribution is -1.87. The smallest absolute Gasteiger partial charge is 0.0644 e. The van der Waals surface area contributed by atoms with E-state index in [9.17, 15) is 0 Å². The lowest BCUT2D eigenvalue weighted by atomic mass is 10.1. The second-order valence-corrected chi connectivity index (χ2v) is 2.72. The van der Waals surface area contributed by atoms with Crippen LogP contribution in [0.4, 0.5) is 0 Å². The maximum atomic E-state index is 8.92.